The Bertz CT molecular complexity index is 1640. The molecule has 0 atom stereocenters. The van der Waals surface area contributed by atoms with Crippen LogP contribution in [0.15, 0.2) is 91.8 Å². The van der Waals surface area contributed by atoms with E-state index in [-0.39, 0.29) is 12.1 Å². The Labute approximate surface area is 245 Å². The number of likely N-dealkylation sites (tertiary alicyclic amines) is 1. The van der Waals surface area contributed by atoms with Gasteiger partial charge in [0.25, 0.3) is 0 Å². The zero-order chi connectivity index (χ0) is 29.1. The Morgan fingerprint density at radius 2 is 1.50 bits per heavy atom. The maximum Gasteiger partial charge on any atom is 0.410 e. The molecule has 2 aromatic carbocycles. The molecule has 0 spiro atoms. The molecule has 3 aromatic heterocycles. The highest BCUT2D eigenvalue weighted by atomic mass is 16.6. The summed E-state index contributed by atoms with van der Waals surface area (Å²) in [6, 6.07) is 18.8. The van der Waals surface area contributed by atoms with Crippen LogP contribution >= 0.6 is 0 Å². The lowest BCUT2D eigenvalue weighted by Crippen LogP contribution is -2.42. The van der Waals surface area contributed by atoms with Gasteiger partial charge in [-0.3, -0.25) is 9.36 Å². The van der Waals surface area contributed by atoms with Gasteiger partial charge in [0, 0.05) is 60.1 Å². The summed E-state index contributed by atoms with van der Waals surface area (Å²) in [5.41, 5.74) is 5.67. The predicted octanol–water partition coefficient (Wildman–Crippen LogP) is 6.49. The van der Waals surface area contributed by atoms with Crippen LogP contribution in [0.5, 0.6) is 0 Å². The minimum Gasteiger partial charge on any atom is -0.444 e. The van der Waals surface area contributed by atoms with E-state index in [0.29, 0.717) is 18.9 Å². The number of piperidine rings is 1. The zero-order valence-electron chi connectivity index (χ0n) is 24.2. The van der Waals surface area contributed by atoms with Crippen molar-refractivity contribution in [3.8, 4) is 33.6 Å². The van der Waals surface area contributed by atoms with Crippen LogP contribution in [-0.2, 0) is 11.3 Å². The van der Waals surface area contributed by atoms with Gasteiger partial charge in [-0.15, -0.1) is 0 Å². The smallest absolute Gasteiger partial charge is 0.410 e. The maximum absolute atomic E-state index is 12.4. The lowest BCUT2D eigenvalue weighted by Gasteiger charge is -2.33. The maximum atomic E-state index is 12.4. The van der Waals surface area contributed by atoms with Crippen molar-refractivity contribution >= 4 is 6.09 Å². The van der Waals surface area contributed by atoms with E-state index in [4.69, 9.17) is 4.74 Å². The summed E-state index contributed by atoms with van der Waals surface area (Å²) in [6.45, 7) is 7.70. The van der Waals surface area contributed by atoms with Crippen molar-refractivity contribution in [3.63, 3.8) is 0 Å². The van der Waals surface area contributed by atoms with E-state index in [2.05, 4.69) is 50.6 Å². The third-order valence-electron chi connectivity index (χ3n) is 7.35. The van der Waals surface area contributed by atoms with Crippen LogP contribution in [0.2, 0.25) is 0 Å². The number of hydrogen-bond acceptors (Lipinski definition) is 6. The van der Waals surface area contributed by atoms with Gasteiger partial charge in [-0.1, -0.05) is 48.5 Å². The molecule has 0 bridgehead atoms. The average molecular weight is 562 g/mol. The van der Waals surface area contributed by atoms with E-state index < -0.39 is 5.60 Å². The molecule has 42 heavy (non-hydrogen) atoms. The van der Waals surface area contributed by atoms with Gasteiger partial charge in [-0.05, 0) is 50.8 Å². The summed E-state index contributed by atoms with van der Waals surface area (Å²) in [5.74, 6) is 0.666. The molecule has 0 radical (unpaired) electrons. The SMILES string of the molecule is CC(C)(C)OC(=O)N1CCC(n2cc(-c3cnc(-c4cccc(-c5cnn(Cc6ccccc6)c5)c4)nc3)cn2)CC1. The van der Waals surface area contributed by atoms with Gasteiger partial charge < -0.3 is 9.64 Å². The van der Waals surface area contributed by atoms with Crippen molar-refractivity contribution in [2.45, 2.75) is 51.8 Å². The molecule has 9 heteroatoms. The number of hydrogen-bond donors (Lipinski definition) is 0. The van der Waals surface area contributed by atoms with Crippen LogP contribution in [0.3, 0.4) is 0 Å². The van der Waals surface area contributed by atoms with Gasteiger partial charge in [-0.2, -0.15) is 10.2 Å². The summed E-state index contributed by atoms with van der Waals surface area (Å²) in [6.07, 6.45) is 13.0. The van der Waals surface area contributed by atoms with Crippen LogP contribution in [0.1, 0.15) is 45.2 Å². The van der Waals surface area contributed by atoms with Crippen LogP contribution in [-0.4, -0.2) is 59.2 Å². The van der Waals surface area contributed by atoms with Gasteiger partial charge >= 0.3 is 6.09 Å². The second kappa shape index (κ2) is 11.6. The molecule has 0 saturated carbocycles. The van der Waals surface area contributed by atoms with Crippen molar-refractivity contribution in [2.75, 3.05) is 13.1 Å². The van der Waals surface area contributed by atoms with Crippen molar-refractivity contribution in [3.05, 3.63) is 97.3 Å². The van der Waals surface area contributed by atoms with Gasteiger partial charge in [0.2, 0.25) is 0 Å². The zero-order valence-corrected chi connectivity index (χ0v) is 24.2. The summed E-state index contributed by atoms with van der Waals surface area (Å²) in [7, 11) is 0. The molecule has 0 aliphatic carbocycles. The minimum atomic E-state index is -0.488. The lowest BCUT2D eigenvalue weighted by molar-refractivity contribution is 0.0185. The molecule has 0 unspecified atom stereocenters. The third-order valence-corrected chi connectivity index (χ3v) is 7.35. The van der Waals surface area contributed by atoms with Gasteiger partial charge in [0.05, 0.1) is 25.0 Å². The summed E-state index contributed by atoms with van der Waals surface area (Å²) < 4.78 is 9.47. The number of aromatic nitrogens is 6. The summed E-state index contributed by atoms with van der Waals surface area (Å²) >= 11 is 0. The Morgan fingerprint density at radius 3 is 2.24 bits per heavy atom. The highest BCUT2D eigenvalue weighted by molar-refractivity contribution is 5.70. The average Bonchev–Trinajstić information content (AvgIpc) is 3.68. The van der Waals surface area contributed by atoms with Crippen LogP contribution in [0.25, 0.3) is 33.6 Å². The topological polar surface area (TPSA) is 91.0 Å². The fraction of sp³-hybridized carbons (Fsp3) is 0.303. The molecule has 6 rings (SSSR count). The molecule has 9 nitrogen and oxygen atoms in total. The molecular weight excluding hydrogens is 526 g/mol. The Balaban J connectivity index is 1.10. The Kier molecular flexibility index (Phi) is 7.56. The van der Waals surface area contributed by atoms with E-state index in [1.165, 1.54) is 5.56 Å². The van der Waals surface area contributed by atoms with E-state index in [9.17, 15) is 4.79 Å². The van der Waals surface area contributed by atoms with Crippen molar-refractivity contribution in [2.24, 2.45) is 0 Å². The molecule has 0 N–H and O–H groups in total. The van der Waals surface area contributed by atoms with E-state index in [0.717, 1.165) is 47.2 Å². The van der Waals surface area contributed by atoms with Crippen LogP contribution < -0.4 is 0 Å². The largest absolute Gasteiger partial charge is 0.444 e. The minimum absolute atomic E-state index is 0.234. The van der Waals surface area contributed by atoms with Crippen LogP contribution in [0.4, 0.5) is 4.79 Å². The second-order valence-electron chi connectivity index (χ2n) is 11.7. The van der Waals surface area contributed by atoms with Gasteiger partial charge in [-0.25, -0.2) is 14.8 Å². The summed E-state index contributed by atoms with van der Waals surface area (Å²) in [5, 5.41) is 9.17. The third kappa shape index (κ3) is 6.40. The predicted molar refractivity (Wildman–Crippen MR) is 162 cm³/mol. The first kappa shape index (κ1) is 27.4. The quantitative estimate of drug-likeness (QED) is 0.235. The number of benzene rings is 2. The first-order valence-corrected chi connectivity index (χ1v) is 14.3. The highest BCUT2D eigenvalue weighted by Crippen LogP contribution is 2.28. The number of nitrogens with zero attached hydrogens (tertiary/aromatic N) is 7. The van der Waals surface area contributed by atoms with Gasteiger partial charge in [0.15, 0.2) is 5.82 Å². The normalized spacial score (nSPS) is 14.2. The fourth-order valence-corrected chi connectivity index (χ4v) is 5.16. The Hall–Kier alpha value is -4.79. The fourth-order valence-electron chi connectivity index (χ4n) is 5.16. The number of carbonyl (C=O) groups is 1. The first-order chi connectivity index (χ1) is 20.3. The Morgan fingerprint density at radius 1 is 0.810 bits per heavy atom. The molecule has 1 fully saturated rings. The molecule has 4 heterocycles. The first-order valence-electron chi connectivity index (χ1n) is 14.3. The molecule has 1 amide bonds. The number of carbonyl (C=O) groups excluding carboxylic acids is 1. The molecule has 1 saturated heterocycles. The van der Waals surface area contributed by atoms with Crippen molar-refractivity contribution in [1.29, 1.82) is 0 Å². The number of ether oxygens (including phenoxy) is 1. The second-order valence-corrected chi connectivity index (χ2v) is 11.7. The van der Waals surface area contributed by atoms with Crippen LogP contribution in [0, 0.1) is 0 Å². The molecule has 5 aromatic rings. The monoisotopic (exact) mass is 561 g/mol. The standard InChI is InChI=1S/C33H35N7O2/c1-33(2,3)42-32(41)38-14-12-30(13-15-38)40-23-29(20-37-40)27-17-34-31(35-18-27)26-11-7-10-25(16-26)28-19-36-39(22-28)21-24-8-5-4-6-9-24/h4-11,16-20,22-23,30H,12-15,21H2,1-3H3. The van der Waals surface area contributed by atoms with Crippen molar-refractivity contribution in [1.82, 2.24) is 34.4 Å². The highest BCUT2D eigenvalue weighted by Gasteiger charge is 2.28. The molecule has 1 aliphatic rings. The molecule has 1 aliphatic heterocycles. The van der Waals surface area contributed by atoms with E-state index >= 15 is 0 Å². The lowest BCUT2D eigenvalue weighted by atomic mass is 10.1. The summed E-state index contributed by atoms with van der Waals surface area (Å²) in [4.78, 5) is 23.5. The van der Waals surface area contributed by atoms with Crippen molar-refractivity contribution < 1.29 is 9.53 Å². The van der Waals surface area contributed by atoms with E-state index in [1.807, 2.05) is 91.5 Å². The number of amides is 1. The van der Waals surface area contributed by atoms with E-state index in [1.54, 1.807) is 4.90 Å². The molecular formula is C33H35N7O2. The van der Waals surface area contributed by atoms with Gasteiger partial charge in [0.1, 0.15) is 5.60 Å². The number of rotatable bonds is 6. The molecule has 214 valence electrons.